The summed E-state index contributed by atoms with van der Waals surface area (Å²) >= 11 is 0. The zero-order valence-corrected chi connectivity index (χ0v) is 14.6. The first-order valence-corrected chi connectivity index (χ1v) is 8.70. The van der Waals surface area contributed by atoms with Crippen LogP contribution in [0.2, 0.25) is 0 Å². The maximum Gasteiger partial charge on any atom is 0.272 e. The van der Waals surface area contributed by atoms with Crippen molar-refractivity contribution < 1.29 is 4.92 Å². The fourth-order valence-corrected chi connectivity index (χ4v) is 3.88. The Hall–Kier alpha value is -3.67. The summed E-state index contributed by atoms with van der Waals surface area (Å²) in [5.74, 6) is 0. The molecule has 0 amide bonds. The van der Waals surface area contributed by atoms with Crippen LogP contribution >= 0.6 is 0 Å². The van der Waals surface area contributed by atoms with Gasteiger partial charge in [0.15, 0.2) is 0 Å². The highest BCUT2D eigenvalue weighted by Crippen LogP contribution is 2.43. The average Bonchev–Trinajstić information content (AvgIpc) is 3.04. The molecule has 6 heteroatoms. The summed E-state index contributed by atoms with van der Waals surface area (Å²) in [4.78, 5) is 18.8. The zero-order chi connectivity index (χ0) is 18.5. The van der Waals surface area contributed by atoms with Gasteiger partial charge >= 0.3 is 0 Å². The smallest absolute Gasteiger partial charge is 0.272 e. The van der Waals surface area contributed by atoms with E-state index in [0.29, 0.717) is 5.56 Å². The van der Waals surface area contributed by atoms with Crippen LogP contribution in [0.1, 0.15) is 22.7 Å². The Morgan fingerprint density at radius 2 is 1.96 bits per heavy atom. The van der Waals surface area contributed by atoms with Crippen LogP contribution in [0.5, 0.6) is 0 Å². The number of hydrogen-bond donors (Lipinski definition) is 2. The Labute approximate surface area is 155 Å². The van der Waals surface area contributed by atoms with Crippen molar-refractivity contribution in [2.75, 3.05) is 5.32 Å². The molecule has 6 nitrogen and oxygen atoms in total. The van der Waals surface area contributed by atoms with Crippen molar-refractivity contribution in [3.8, 4) is 11.1 Å². The molecule has 2 aromatic carbocycles. The first-order chi connectivity index (χ1) is 13.1. The van der Waals surface area contributed by atoms with Crippen molar-refractivity contribution >= 4 is 22.4 Å². The second-order valence-corrected chi connectivity index (χ2v) is 6.75. The van der Waals surface area contributed by atoms with Crippen molar-refractivity contribution in [1.82, 2.24) is 9.97 Å². The number of aromatic amines is 1. The lowest BCUT2D eigenvalue weighted by atomic mass is 9.96. The lowest BCUT2D eigenvalue weighted by Crippen LogP contribution is -2.12. The summed E-state index contributed by atoms with van der Waals surface area (Å²) in [6.07, 6.45) is 3.74. The molecule has 0 saturated heterocycles. The molecular formula is C21H16N4O2. The molecule has 0 aliphatic carbocycles. The van der Waals surface area contributed by atoms with Crippen LogP contribution in [-0.2, 0) is 0 Å². The molecule has 2 N–H and O–H groups in total. The average molecular weight is 356 g/mol. The van der Waals surface area contributed by atoms with Gasteiger partial charge in [0.1, 0.15) is 5.65 Å². The molecule has 0 bridgehead atoms. The first-order valence-electron chi connectivity index (χ1n) is 8.70. The number of nitro benzene ring substituents is 1. The molecule has 1 aliphatic rings. The number of aryl methyl sites for hydroxylation is 1. The molecule has 0 fully saturated rings. The third-order valence-corrected chi connectivity index (χ3v) is 5.20. The van der Waals surface area contributed by atoms with Crippen LogP contribution < -0.4 is 5.32 Å². The molecule has 4 aromatic rings. The van der Waals surface area contributed by atoms with Gasteiger partial charge in [-0.15, -0.1) is 0 Å². The van der Waals surface area contributed by atoms with Gasteiger partial charge in [-0.25, -0.2) is 4.98 Å². The van der Waals surface area contributed by atoms with Gasteiger partial charge < -0.3 is 10.3 Å². The number of nitrogens with zero attached hydrogens (tertiary/aromatic N) is 2. The van der Waals surface area contributed by atoms with Gasteiger partial charge in [-0.3, -0.25) is 10.1 Å². The fraction of sp³-hybridized carbons (Fsp3) is 0.0952. The number of pyridine rings is 1. The van der Waals surface area contributed by atoms with Gasteiger partial charge in [0.25, 0.3) is 5.69 Å². The second kappa shape index (κ2) is 5.67. The Morgan fingerprint density at radius 1 is 1.11 bits per heavy atom. The molecule has 0 saturated carbocycles. The number of hydrogen-bond acceptors (Lipinski definition) is 4. The van der Waals surface area contributed by atoms with E-state index in [1.807, 2.05) is 36.5 Å². The Balaban J connectivity index is 1.80. The maximum absolute atomic E-state index is 11.4. The highest BCUT2D eigenvalue weighted by molar-refractivity contribution is 6.01. The van der Waals surface area contributed by atoms with Crippen molar-refractivity contribution in [2.24, 2.45) is 0 Å². The van der Waals surface area contributed by atoms with E-state index in [0.717, 1.165) is 39.0 Å². The highest BCUT2D eigenvalue weighted by Gasteiger charge is 2.27. The van der Waals surface area contributed by atoms with Gasteiger partial charge in [0, 0.05) is 46.2 Å². The molecule has 1 unspecified atom stereocenters. The predicted molar refractivity (Wildman–Crippen MR) is 105 cm³/mol. The zero-order valence-electron chi connectivity index (χ0n) is 14.6. The lowest BCUT2D eigenvalue weighted by Gasteiger charge is -2.19. The van der Waals surface area contributed by atoms with Crippen LogP contribution in [0.15, 0.2) is 60.9 Å². The minimum atomic E-state index is -0.328. The number of fused-ring (bicyclic) bond motifs is 2. The minimum absolute atomic E-state index is 0.130. The van der Waals surface area contributed by atoms with E-state index in [2.05, 4.69) is 21.4 Å². The summed E-state index contributed by atoms with van der Waals surface area (Å²) in [7, 11) is 0. The van der Waals surface area contributed by atoms with E-state index in [-0.39, 0.29) is 16.7 Å². The van der Waals surface area contributed by atoms with Crippen molar-refractivity contribution in [3.05, 3.63) is 87.7 Å². The van der Waals surface area contributed by atoms with E-state index in [1.165, 1.54) is 0 Å². The number of H-pyrrole nitrogens is 1. The van der Waals surface area contributed by atoms with Crippen LogP contribution in [0.3, 0.4) is 0 Å². The quantitative estimate of drug-likeness (QED) is 0.393. The van der Waals surface area contributed by atoms with Crippen molar-refractivity contribution in [1.29, 1.82) is 0 Å². The third-order valence-electron chi connectivity index (χ3n) is 5.20. The van der Waals surface area contributed by atoms with Gasteiger partial charge in [-0.2, -0.15) is 0 Å². The van der Waals surface area contributed by atoms with Crippen LogP contribution in [-0.4, -0.2) is 14.9 Å². The summed E-state index contributed by atoms with van der Waals surface area (Å²) in [5.41, 5.74) is 6.66. The van der Waals surface area contributed by atoms with E-state index in [1.54, 1.807) is 25.3 Å². The van der Waals surface area contributed by atoms with E-state index < -0.39 is 0 Å². The molecule has 2 aromatic heterocycles. The second-order valence-electron chi connectivity index (χ2n) is 6.75. The summed E-state index contributed by atoms with van der Waals surface area (Å²) in [6.45, 7) is 1.76. The highest BCUT2D eigenvalue weighted by atomic mass is 16.6. The first kappa shape index (κ1) is 15.6. The van der Waals surface area contributed by atoms with Gasteiger partial charge in [0.2, 0.25) is 0 Å². The SMILES string of the molecule is Cc1ccc(C2Nc3ccccc3-c3ccnc4[nH]cc2c34)cc1[N+](=O)[O-]. The molecule has 27 heavy (non-hydrogen) atoms. The van der Waals surface area contributed by atoms with Gasteiger partial charge in [-0.05, 0) is 30.2 Å². The third kappa shape index (κ3) is 2.30. The Morgan fingerprint density at radius 3 is 2.81 bits per heavy atom. The summed E-state index contributed by atoms with van der Waals surface area (Å²) in [5, 5.41) is 16.1. The molecule has 1 aliphatic heterocycles. The molecular weight excluding hydrogens is 340 g/mol. The van der Waals surface area contributed by atoms with Gasteiger partial charge in [0.05, 0.1) is 11.0 Å². The van der Waals surface area contributed by atoms with Crippen molar-refractivity contribution in [3.63, 3.8) is 0 Å². The number of benzene rings is 2. The topological polar surface area (TPSA) is 83.8 Å². The fourth-order valence-electron chi connectivity index (χ4n) is 3.88. The van der Waals surface area contributed by atoms with E-state index in [9.17, 15) is 10.1 Å². The molecule has 5 rings (SSSR count). The van der Waals surface area contributed by atoms with Gasteiger partial charge in [-0.1, -0.05) is 30.3 Å². The number of anilines is 1. The largest absolute Gasteiger partial charge is 0.374 e. The number of para-hydroxylation sites is 1. The molecule has 1 atom stereocenters. The monoisotopic (exact) mass is 356 g/mol. The van der Waals surface area contributed by atoms with E-state index in [4.69, 9.17) is 0 Å². The maximum atomic E-state index is 11.4. The molecule has 0 radical (unpaired) electrons. The standard InChI is InChI=1S/C21H16N4O2/c1-12-6-7-13(10-18(12)25(26)27)20-16-11-23-21-19(16)15(8-9-22-21)14-4-2-3-5-17(14)24-20/h2-11,20,24H,1H3,(H,22,23). The Bertz CT molecular complexity index is 1210. The van der Waals surface area contributed by atoms with Crippen LogP contribution in [0.25, 0.3) is 22.2 Å². The van der Waals surface area contributed by atoms with Crippen LogP contribution in [0, 0.1) is 17.0 Å². The number of rotatable bonds is 2. The summed E-state index contributed by atoms with van der Waals surface area (Å²) < 4.78 is 0. The number of aromatic nitrogens is 2. The predicted octanol–water partition coefficient (Wildman–Crippen LogP) is 4.96. The number of nitro groups is 1. The lowest BCUT2D eigenvalue weighted by molar-refractivity contribution is -0.385. The van der Waals surface area contributed by atoms with Crippen molar-refractivity contribution in [2.45, 2.75) is 13.0 Å². The normalized spacial score (nSPS) is 15.1. The van der Waals surface area contributed by atoms with Crippen LogP contribution in [0.4, 0.5) is 11.4 Å². The summed E-state index contributed by atoms with van der Waals surface area (Å²) in [6, 6.07) is 15.3. The number of nitrogens with one attached hydrogen (secondary N) is 2. The Kier molecular flexibility index (Phi) is 3.27. The minimum Gasteiger partial charge on any atom is -0.374 e. The van der Waals surface area contributed by atoms with E-state index >= 15 is 0 Å². The molecule has 132 valence electrons. The molecule has 3 heterocycles. The molecule has 0 spiro atoms.